The minimum Gasteiger partial charge on any atom is -0.361 e. The highest BCUT2D eigenvalue weighted by Crippen LogP contribution is 2.20. The molecule has 1 aromatic heterocycles. The zero-order valence-electron chi connectivity index (χ0n) is 15.6. The van der Waals surface area contributed by atoms with Gasteiger partial charge in [0.15, 0.2) is 0 Å². The lowest BCUT2D eigenvalue weighted by molar-refractivity contribution is -0.113. The highest BCUT2D eigenvalue weighted by molar-refractivity contribution is 6.11. The number of hydrogen-bond donors (Lipinski definition) is 3. The van der Waals surface area contributed by atoms with E-state index in [4.69, 9.17) is 0 Å². The zero-order chi connectivity index (χ0) is 20.1. The molecule has 0 spiro atoms. The molecule has 142 valence electrons. The first-order valence-corrected chi connectivity index (χ1v) is 9.21. The number of aromatic nitrogens is 1. The van der Waals surface area contributed by atoms with Crippen molar-refractivity contribution in [2.45, 2.75) is 0 Å². The average Bonchev–Trinajstić information content (AvgIpc) is 3.17. The zero-order valence-corrected chi connectivity index (χ0v) is 15.6. The van der Waals surface area contributed by atoms with Crippen molar-refractivity contribution < 1.29 is 9.59 Å². The minimum atomic E-state index is -0.397. The summed E-state index contributed by atoms with van der Waals surface area (Å²) in [5, 5.41) is 6.54. The molecule has 3 N–H and O–H groups in total. The number of carbonyl (C=O) groups excluding carboxylic acids is 2. The molecule has 1 heterocycles. The second-order valence-electron chi connectivity index (χ2n) is 6.49. The maximum absolute atomic E-state index is 12.9. The highest BCUT2D eigenvalue weighted by atomic mass is 16.2. The predicted octanol–water partition coefficient (Wildman–Crippen LogP) is 4.58. The van der Waals surface area contributed by atoms with Crippen molar-refractivity contribution in [1.29, 1.82) is 0 Å². The van der Waals surface area contributed by atoms with E-state index < -0.39 is 5.91 Å². The Morgan fingerprint density at radius 1 is 0.793 bits per heavy atom. The molecule has 4 aromatic rings. The number of rotatable bonds is 5. The number of para-hydroxylation sites is 2. The third kappa shape index (κ3) is 4.25. The maximum Gasteiger partial charge on any atom is 0.272 e. The fraction of sp³-hybridized carbons (Fsp3) is 0. The van der Waals surface area contributed by atoms with E-state index in [1.54, 1.807) is 42.5 Å². The Balaban J connectivity index is 1.68. The van der Waals surface area contributed by atoms with Crippen LogP contribution >= 0.6 is 0 Å². The van der Waals surface area contributed by atoms with E-state index in [0.717, 1.165) is 16.5 Å². The summed E-state index contributed by atoms with van der Waals surface area (Å²) in [4.78, 5) is 28.8. The molecule has 5 nitrogen and oxygen atoms in total. The Morgan fingerprint density at radius 2 is 1.45 bits per heavy atom. The van der Waals surface area contributed by atoms with Crippen molar-refractivity contribution in [3.8, 4) is 0 Å². The third-order valence-electron chi connectivity index (χ3n) is 4.48. The van der Waals surface area contributed by atoms with Crippen molar-refractivity contribution >= 4 is 34.5 Å². The first-order valence-electron chi connectivity index (χ1n) is 9.21. The van der Waals surface area contributed by atoms with Crippen LogP contribution in [0.3, 0.4) is 0 Å². The summed E-state index contributed by atoms with van der Waals surface area (Å²) in [6, 6.07) is 25.7. The fourth-order valence-electron chi connectivity index (χ4n) is 3.03. The number of amides is 2. The summed E-state index contributed by atoms with van der Waals surface area (Å²) in [5.74, 6) is -0.745. The number of hydrogen-bond acceptors (Lipinski definition) is 2. The summed E-state index contributed by atoms with van der Waals surface area (Å²) < 4.78 is 0. The van der Waals surface area contributed by atoms with Crippen molar-refractivity contribution in [1.82, 2.24) is 10.3 Å². The van der Waals surface area contributed by atoms with E-state index in [9.17, 15) is 9.59 Å². The Morgan fingerprint density at radius 3 is 2.21 bits per heavy atom. The Kier molecular flexibility index (Phi) is 5.21. The molecule has 0 aliphatic heterocycles. The van der Waals surface area contributed by atoms with Gasteiger partial charge in [0.05, 0.1) is 0 Å². The Hall–Kier alpha value is -4.12. The average molecular weight is 381 g/mol. The Labute approximate surface area is 168 Å². The van der Waals surface area contributed by atoms with E-state index in [1.165, 1.54) is 0 Å². The minimum absolute atomic E-state index is 0.160. The molecule has 0 saturated heterocycles. The van der Waals surface area contributed by atoms with Crippen LogP contribution in [0.25, 0.3) is 17.0 Å². The van der Waals surface area contributed by atoms with Crippen LogP contribution in [0.1, 0.15) is 15.9 Å². The number of H-pyrrole nitrogens is 1. The Bertz CT molecular complexity index is 1180. The van der Waals surface area contributed by atoms with Gasteiger partial charge in [0, 0.05) is 33.9 Å². The topological polar surface area (TPSA) is 74.0 Å². The number of carbonyl (C=O) groups is 2. The van der Waals surface area contributed by atoms with Gasteiger partial charge in [0.1, 0.15) is 5.70 Å². The van der Waals surface area contributed by atoms with E-state index in [1.807, 2.05) is 54.7 Å². The number of benzene rings is 3. The first-order chi connectivity index (χ1) is 14.2. The smallest absolute Gasteiger partial charge is 0.272 e. The molecule has 0 bridgehead atoms. The second kappa shape index (κ2) is 8.27. The summed E-state index contributed by atoms with van der Waals surface area (Å²) in [5.41, 5.74) is 3.05. The number of nitrogens with one attached hydrogen (secondary N) is 3. The molecular formula is C24H19N3O2. The van der Waals surface area contributed by atoms with E-state index in [0.29, 0.717) is 11.3 Å². The molecule has 5 heteroatoms. The van der Waals surface area contributed by atoms with Gasteiger partial charge in [-0.15, -0.1) is 0 Å². The molecule has 0 fully saturated rings. The molecule has 0 atom stereocenters. The van der Waals surface area contributed by atoms with Crippen LogP contribution in [0, 0.1) is 0 Å². The monoisotopic (exact) mass is 381 g/mol. The summed E-state index contributed by atoms with van der Waals surface area (Å²) in [7, 11) is 0. The van der Waals surface area contributed by atoms with Crippen LogP contribution < -0.4 is 10.6 Å². The van der Waals surface area contributed by atoms with Crippen LogP contribution in [0.2, 0.25) is 0 Å². The van der Waals surface area contributed by atoms with Gasteiger partial charge in [0.25, 0.3) is 11.8 Å². The lowest BCUT2D eigenvalue weighted by Crippen LogP contribution is -2.30. The number of anilines is 1. The van der Waals surface area contributed by atoms with E-state index in [-0.39, 0.29) is 11.6 Å². The van der Waals surface area contributed by atoms with E-state index >= 15 is 0 Å². The van der Waals surface area contributed by atoms with Crippen molar-refractivity contribution in [2.24, 2.45) is 0 Å². The van der Waals surface area contributed by atoms with Gasteiger partial charge in [-0.3, -0.25) is 9.59 Å². The summed E-state index contributed by atoms with van der Waals surface area (Å²) in [6.45, 7) is 0. The predicted molar refractivity (Wildman–Crippen MR) is 115 cm³/mol. The van der Waals surface area contributed by atoms with Crippen molar-refractivity contribution in [2.75, 3.05) is 5.32 Å². The van der Waals surface area contributed by atoms with Crippen molar-refractivity contribution in [3.05, 3.63) is 108 Å². The van der Waals surface area contributed by atoms with Crippen LogP contribution in [-0.4, -0.2) is 16.8 Å². The second-order valence-corrected chi connectivity index (χ2v) is 6.49. The van der Waals surface area contributed by atoms with Gasteiger partial charge in [-0.2, -0.15) is 0 Å². The molecular weight excluding hydrogens is 362 g/mol. The van der Waals surface area contributed by atoms with E-state index in [2.05, 4.69) is 15.6 Å². The molecule has 3 aromatic carbocycles. The van der Waals surface area contributed by atoms with Crippen LogP contribution in [0.5, 0.6) is 0 Å². The van der Waals surface area contributed by atoms with Crippen LogP contribution in [0.4, 0.5) is 5.69 Å². The van der Waals surface area contributed by atoms with Gasteiger partial charge in [0.2, 0.25) is 0 Å². The standard InChI is InChI=1S/C24H19N3O2/c28-23(17-9-3-1-4-10-17)27-22(24(29)26-19-11-5-2-6-12-19)15-18-16-25-21-14-8-7-13-20(18)21/h1-16,25H,(H,26,29)(H,27,28)/b22-15+. The van der Waals surface area contributed by atoms with Gasteiger partial charge in [-0.25, -0.2) is 0 Å². The molecule has 0 aliphatic rings. The number of fused-ring (bicyclic) bond motifs is 1. The van der Waals surface area contributed by atoms with Gasteiger partial charge < -0.3 is 15.6 Å². The summed E-state index contributed by atoms with van der Waals surface area (Å²) >= 11 is 0. The molecule has 29 heavy (non-hydrogen) atoms. The third-order valence-corrected chi connectivity index (χ3v) is 4.48. The van der Waals surface area contributed by atoms with Gasteiger partial charge in [-0.05, 0) is 36.4 Å². The largest absolute Gasteiger partial charge is 0.361 e. The van der Waals surface area contributed by atoms with Gasteiger partial charge >= 0.3 is 0 Å². The SMILES string of the molecule is O=C(Nc1ccccc1)/C(=C\c1c[nH]c2ccccc12)NC(=O)c1ccccc1. The lowest BCUT2D eigenvalue weighted by atomic mass is 10.1. The molecule has 0 aliphatic carbocycles. The van der Waals surface area contributed by atoms with Crippen LogP contribution in [0.15, 0.2) is 96.8 Å². The quantitative estimate of drug-likeness (QED) is 0.443. The maximum atomic E-state index is 12.9. The lowest BCUT2D eigenvalue weighted by Gasteiger charge is -2.11. The highest BCUT2D eigenvalue weighted by Gasteiger charge is 2.16. The molecule has 2 amide bonds. The van der Waals surface area contributed by atoms with Crippen molar-refractivity contribution in [3.63, 3.8) is 0 Å². The molecule has 0 unspecified atom stereocenters. The van der Waals surface area contributed by atoms with Gasteiger partial charge in [-0.1, -0.05) is 54.6 Å². The normalized spacial score (nSPS) is 11.2. The molecule has 0 saturated carbocycles. The first kappa shape index (κ1) is 18.3. The fourth-order valence-corrected chi connectivity index (χ4v) is 3.03. The summed E-state index contributed by atoms with van der Waals surface area (Å²) in [6.07, 6.45) is 3.49. The molecule has 4 rings (SSSR count). The van der Waals surface area contributed by atoms with Crippen LogP contribution in [-0.2, 0) is 4.79 Å². The number of aromatic amines is 1. The molecule has 0 radical (unpaired) electrons.